The SMILES string of the molecule is F.[F][Lu]([F])[F].[Gd].[H-].[Na+].[Y]. The Morgan fingerprint density at radius 1 is 1.12 bits per heavy atom. The van der Waals surface area contributed by atoms with Crippen LogP contribution in [-0.4, -0.2) is 0 Å². The summed E-state index contributed by atoms with van der Waals surface area (Å²) in [6.45, 7) is 0. The van der Waals surface area contributed by atoms with Gasteiger partial charge in [-0.05, 0) is 0 Å². The molecule has 0 fully saturated rings. The van der Waals surface area contributed by atoms with Crippen molar-refractivity contribution in [2.75, 3.05) is 0 Å². The van der Waals surface area contributed by atoms with Gasteiger partial charge in [0, 0.05) is 72.6 Å². The maximum absolute atomic E-state index is 9.78. The maximum atomic E-state index is 9.78. The fourth-order valence-electron chi connectivity index (χ4n) is 0. The standard InChI is InChI=1S/4FH.Gd.Lu.Na.Y.H/h4*1H;;;;;/q;;;;;+3;+1;;-1/p-3. The molecular weight excluding hydrogens is 520 g/mol. The molecule has 0 aromatic heterocycles. The van der Waals surface area contributed by atoms with E-state index in [4.69, 9.17) is 0 Å². The molecule has 0 unspecified atom stereocenters. The third-order valence-electron chi connectivity index (χ3n) is 0. The van der Waals surface area contributed by atoms with E-state index in [0.717, 1.165) is 0 Å². The Balaban J connectivity index is -0.00000000450. The predicted octanol–water partition coefficient (Wildman–Crippen LogP) is -1.47. The minimum Gasteiger partial charge on any atom is -1.00 e. The molecule has 0 saturated heterocycles. The van der Waals surface area contributed by atoms with Gasteiger partial charge in [-0.2, -0.15) is 0 Å². The summed E-state index contributed by atoms with van der Waals surface area (Å²) in [4.78, 5) is 0. The topological polar surface area (TPSA) is 0 Å². The van der Waals surface area contributed by atoms with Gasteiger partial charge in [0.25, 0.3) is 0 Å². The average Bonchev–Trinajstić information content (AvgIpc) is 0.811. The Hall–Kier alpha value is 4.38. The number of hydrogen-bond acceptors (Lipinski definition) is 0. The fourth-order valence-corrected chi connectivity index (χ4v) is 0. The zero-order chi connectivity index (χ0) is 3.58. The average molecular weight is 522 g/mol. The Kier molecular flexibility index (Phi) is 82.8. The van der Waals surface area contributed by atoms with Crippen LogP contribution in [0.25, 0.3) is 0 Å². The van der Waals surface area contributed by atoms with Crippen LogP contribution in [0.4, 0.5) is 9.09 Å². The Labute approximate surface area is 142 Å². The molecule has 8 heteroatoms. The van der Waals surface area contributed by atoms with Crippen LogP contribution >= 0.6 is 0 Å². The quantitative estimate of drug-likeness (QED) is 0.270. The molecule has 0 aliphatic rings. The van der Waals surface area contributed by atoms with Gasteiger partial charge in [-0.3, -0.25) is 4.70 Å². The van der Waals surface area contributed by atoms with Crippen LogP contribution in [0.5, 0.6) is 0 Å². The van der Waals surface area contributed by atoms with Crippen molar-refractivity contribution >= 4 is 0 Å². The molecule has 0 aliphatic carbocycles. The summed E-state index contributed by atoms with van der Waals surface area (Å²) in [5, 5.41) is 0. The van der Waals surface area contributed by atoms with Crippen molar-refractivity contribution in [2.24, 2.45) is 0 Å². The summed E-state index contributed by atoms with van der Waals surface area (Å²) >= 11 is -4.44. The summed E-state index contributed by atoms with van der Waals surface area (Å²) in [6, 6.07) is 0. The Morgan fingerprint density at radius 3 is 1.12 bits per heavy atom. The molecule has 0 aromatic rings. The van der Waals surface area contributed by atoms with Crippen molar-refractivity contribution in [3.05, 3.63) is 0 Å². The number of hydrogen-bond donors (Lipinski definition) is 0. The van der Waals surface area contributed by atoms with Crippen LogP contribution in [0, 0.1) is 73.4 Å². The molecule has 0 saturated carbocycles. The van der Waals surface area contributed by atoms with Gasteiger partial charge in [-0.15, -0.1) is 0 Å². The zero-order valence-electron chi connectivity index (χ0n) is 4.73. The molecule has 0 rings (SSSR count). The minimum absolute atomic E-state index is 0. The molecule has 57 valence electrons. The molecule has 8 heavy (non-hydrogen) atoms. The van der Waals surface area contributed by atoms with Crippen molar-refractivity contribution in [1.29, 1.82) is 0 Å². The van der Waals surface area contributed by atoms with E-state index in [-0.39, 0.29) is 108 Å². The van der Waals surface area contributed by atoms with Crippen LogP contribution < -0.4 is 29.6 Å². The van der Waals surface area contributed by atoms with E-state index in [1.54, 1.807) is 0 Å². The van der Waals surface area contributed by atoms with E-state index in [2.05, 4.69) is 0 Å². The molecule has 0 aromatic carbocycles. The first-order valence-electron chi connectivity index (χ1n) is 0.293. The van der Waals surface area contributed by atoms with Gasteiger partial charge in [0.15, 0.2) is 0 Å². The summed E-state index contributed by atoms with van der Waals surface area (Å²) < 4.78 is 29.3. The second-order valence-electron chi connectivity index (χ2n) is 0.111. The molecule has 0 atom stereocenters. The third kappa shape index (κ3) is 47.6. The van der Waals surface area contributed by atoms with Crippen molar-refractivity contribution < 1.29 is 146 Å². The van der Waals surface area contributed by atoms with E-state index >= 15 is 0 Å². The molecule has 0 amide bonds. The van der Waals surface area contributed by atoms with Gasteiger partial charge in [-0.25, -0.2) is 0 Å². The third-order valence-corrected chi connectivity index (χ3v) is 0. The first kappa shape index (κ1) is 29.4. The molecule has 0 nitrogen and oxygen atoms in total. The van der Waals surface area contributed by atoms with Gasteiger partial charge >= 0.3 is 67.4 Å². The van der Waals surface area contributed by atoms with E-state index in [9.17, 15) is 4.39 Å². The monoisotopic (exact) mass is 523 g/mol. The molecule has 0 bridgehead atoms. The molecule has 0 heterocycles. The van der Waals surface area contributed by atoms with Crippen LogP contribution in [0.3, 0.4) is 0 Å². The van der Waals surface area contributed by atoms with E-state index in [1.807, 2.05) is 0 Å². The molecular formula is H2F4GdLuNaY. The molecule has 0 aliphatic heterocycles. The Morgan fingerprint density at radius 2 is 1.12 bits per heavy atom. The minimum atomic E-state index is -4.44. The molecule has 0 N–H and O–H groups in total. The maximum Gasteiger partial charge on any atom is 1.00 e. The van der Waals surface area contributed by atoms with Gasteiger partial charge in [0.2, 0.25) is 0 Å². The molecule has 0 spiro atoms. The second-order valence-corrected chi connectivity index (χ2v) is 0.821. The summed E-state index contributed by atoms with van der Waals surface area (Å²) in [7, 11) is 0. The van der Waals surface area contributed by atoms with Gasteiger partial charge in [-0.1, -0.05) is 0 Å². The second kappa shape index (κ2) is 22.5. The van der Waals surface area contributed by atoms with E-state index < -0.39 is 33.4 Å². The van der Waals surface area contributed by atoms with Gasteiger partial charge in [0.05, 0.1) is 0 Å². The van der Waals surface area contributed by atoms with Crippen molar-refractivity contribution in [2.45, 2.75) is 0 Å². The summed E-state index contributed by atoms with van der Waals surface area (Å²) in [5.41, 5.74) is 0. The normalized spacial score (nSPS) is 5.62. The summed E-state index contributed by atoms with van der Waals surface area (Å²) in [5.74, 6) is 0. The van der Waals surface area contributed by atoms with Crippen LogP contribution in [0.2, 0.25) is 0 Å². The van der Waals surface area contributed by atoms with Crippen LogP contribution in [0.15, 0.2) is 0 Å². The van der Waals surface area contributed by atoms with E-state index in [0.29, 0.717) is 0 Å². The van der Waals surface area contributed by atoms with Crippen LogP contribution in [-0.2, 0) is 32.7 Å². The van der Waals surface area contributed by atoms with E-state index in [1.165, 1.54) is 0 Å². The number of halogens is 4. The fraction of sp³-hybridized carbons (Fsp3) is 0. The van der Waals surface area contributed by atoms with Crippen molar-refractivity contribution in [3.8, 4) is 0 Å². The number of rotatable bonds is 0. The first-order chi connectivity index (χ1) is 1.73. The van der Waals surface area contributed by atoms with Gasteiger partial charge in [0.1, 0.15) is 0 Å². The zero-order valence-corrected chi connectivity index (χ0v) is 12.5. The largest absolute Gasteiger partial charge is 1.00 e. The summed E-state index contributed by atoms with van der Waals surface area (Å²) in [6.07, 6.45) is 0. The van der Waals surface area contributed by atoms with Gasteiger partial charge < -0.3 is 1.43 Å². The van der Waals surface area contributed by atoms with Crippen molar-refractivity contribution in [1.82, 2.24) is 0 Å². The smallest absolute Gasteiger partial charge is 1.00 e. The van der Waals surface area contributed by atoms with Crippen LogP contribution in [0.1, 0.15) is 1.43 Å². The Bertz CT molecular complexity index is 25.3. The first-order valence-corrected chi connectivity index (χ1v) is 2.17. The van der Waals surface area contributed by atoms with Crippen molar-refractivity contribution in [3.63, 3.8) is 0 Å². The molecule has 1 radical (unpaired) electrons. The predicted molar refractivity (Wildman–Crippen MR) is 6.94 cm³/mol.